The molecular weight excluding hydrogens is 486 g/mol. The Hall–Kier alpha value is -2.91. The molecule has 0 radical (unpaired) electrons. The van der Waals surface area contributed by atoms with Crippen LogP contribution in [-0.4, -0.2) is 33.2 Å². The van der Waals surface area contributed by atoms with E-state index in [-0.39, 0.29) is 35.3 Å². The SMILES string of the molecule is Cc1ncc(OCc2nnc(C3(C)CC(C)(NC(=O)COc4ccc(Cl)c(F)c4)C3)o2)cc1Cl. The summed E-state index contributed by atoms with van der Waals surface area (Å²) in [5.41, 5.74) is -0.134. The molecule has 2 aromatic heterocycles. The fourth-order valence-electron chi connectivity index (χ4n) is 4.27. The number of nitrogens with zero attached hydrogens (tertiary/aromatic N) is 3. The van der Waals surface area contributed by atoms with Crippen LogP contribution in [0.5, 0.6) is 11.5 Å². The predicted octanol–water partition coefficient (Wildman–Crippen LogP) is 4.80. The minimum Gasteiger partial charge on any atom is -0.484 e. The molecule has 1 aromatic carbocycles. The summed E-state index contributed by atoms with van der Waals surface area (Å²) < 4.78 is 30.3. The first-order chi connectivity index (χ1) is 16.1. The number of nitrogens with one attached hydrogen (secondary N) is 1. The van der Waals surface area contributed by atoms with E-state index < -0.39 is 11.4 Å². The maximum atomic E-state index is 13.5. The molecule has 0 bridgehead atoms. The van der Waals surface area contributed by atoms with Gasteiger partial charge in [0.1, 0.15) is 17.3 Å². The average molecular weight is 509 g/mol. The number of rotatable bonds is 8. The van der Waals surface area contributed by atoms with Gasteiger partial charge in [0, 0.05) is 17.7 Å². The highest BCUT2D eigenvalue weighted by Gasteiger charge is 2.53. The van der Waals surface area contributed by atoms with Gasteiger partial charge in [-0.3, -0.25) is 9.78 Å². The number of aryl methyl sites for hydroxylation is 1. The van der Waals surface area contributed by atoms with Gasteiger partial charge in [-0.05, 0) is 38.8 Å². The molecule has 4 rings (SSSR count). The van der Waals surface area contributed by atoms with E-state index in [1.807, 2.05) is 13.8 Å². The Morgan fingerprint density at radius 3 is 2.62 bits per heavy atom. The molecule has 2 heterocycles. The number of halogens is 3. The molecule has 0 spiro atoms. The zero-order valence-electron chi connectivity index (χ0n) is 18.8. The van der Waals surface area contributed by atoms with Gasteiger partial charge in [-0.25, -0.2) is 4.39 Å². The second-order valence-corrected chi connectivity index (χ2v) is 9.73. The predicted molar refractivity (Wildman–Crippen MR) is 123 cm³/mol. The van der Waals surface area contributed by atoms with Gasteiger partial charge in [-0.2, -0.15) is 0 Å². The first-order valence-corrected chi connectivity index (χ1v) is 11.3. The first-order valence-electron chi connectivity index (χ1n) is 10.5. The summed E-state index contributed by atoms with van der Waals surface area (Å²) in [6.07, 6.45) is 2.77. The molecule has 3 aromatic rings. The van der Waals surface area contributed by atoms with Crippen molar-refractivity contribution in [1.82, 2.24) is 20.5 Å². The Labute approximate surface area is 205 Å². The van der Waals surface area contributed by atoms with Crippen LogP contribution >= 0.6 is 23.2 Å². The number of benzene rings is 1. The molecule has 11 heteroatoms. The third-order valence-corrected chi connectivity index (χ3v) is 6.30. The Kier molecular flexibility index (Phi) is 6.69. The largest absolute Gasteiger partial charge is 0.484 e. The van der Waals surface area contributed by atoms with Gasteiger partial charge in [0.15, 0.2) is 13.2 Å². The van der Waals surface area contributed by atoms with E-state index in [0.29, 0.717) is 41.1 Å². The fraction of sp³-hybridized carbons (Fsp3) is 0.391. The zero-order chi connectivity index (χ0) is 24.5. The maximum absolute atomic E-state index is 13.5. The van der Waals surface area contributed by atoms with Gasteiger partial charge in [-0.1, -0.05) is 30.1 Å². The van der Waals surface area contributed by atoms with Gasteiger partial charge in [0.2, 0.25) is 5.89 Å². The van der Waals surface area contributed by atoms with E-state index >= 15 is 0 Å². The number of carbonyl (C=O) groups excluding carboxylic acids is 1. The summed E-state index contributed by atoms with van der Waals surface area (Å²) in [5.74, 6) is 0.615. The smallest absolute Gasteiger partial charge is 0.258 e. The summed E-state index contributed by atoms with van der Waals surface area (Å²) in [6, 6.07) is 5.69. The Morgan fingerprint density at radius 1 is 1.15 bits per heavy atom. The van der Waals surface area contributed by atoms with Crippen LogP contribution in [0, 0.1) is 12.7 Å². The molecule has 0 aliphatic heterocycles. The van der Waals surface area contributed by atoms with Crippen molar-refractivity contribution < 1.29 is 23.1 Å². The molecule has 0 atom stereocenters. The number of amides is 1. The summed E-state index contributed by atoms with van der Waals surface area (Å²) in [7, 11) is 0. The Bertz CT molecular complexity index is 1210. The van der Waals surface area contributed by atoms with Crippen LogP contribution in [0.2, 0.25) is 10.0 Å². The normalized spacial score (nSPS) is 21.6. The van der Waals surface area contributed by atoms with Crippen LogP contribution in [0.4, 0.5) is 4.39 Å². The van der Waals surface area contributed by atoms with Crippen molar-refractivity contribution >= 4 is 29.1 Å². The monoisotopic (exact) mass is 508 g/mol. The van der Waals surface area contributed by atoms with Crippen molar-refractivity contribution in [2.24, 2.45) is 0 Å². The molecule has 1 fully saturated rings. The number of ether oxygens (including phenoxy) is 2. The standard InChI is InChI=1S/C23H23Cl2FN4O4/c1-13-17(25)6-15(8-27-13)33-10-20-29-30-21(34-20)22(2)11-23(3,12-22)28-19(31)9-32-14-4-5-16(24)18(26)7-14/h4-8H,9-12H2,1-3H3,(H,28,31). The van der Waals surface area contributed by atoms with Crippen molar-refractivity contribution in [3.05, 3.63) is 63.8 Å². The molecule has 0 unspecified atom stereocenters. The molecule has 1 amide bonds. The maximum Gasteiger partial charge on any atom is 0.258 e. The van der Waals surface area contributed by atoms with E-state index in [2.05, 4.69) is 20.5 Å². The molecule has 0 saturated heterocycles. The van der Waals surface area contributed by atoms with Crippen molar-refractivity contribution in [3.8, 4) is 11.5 Å². The quantitative estimate of drug-likeness (QED) is 0.466. The highest BCUT2D eigenvalue weighted by Crippen LogP contribution is 2.49. The molecular formula is C23H23Cl2FN4O4. The molecule has 34 heavy (non-hydrogen) atoms. The third kappa shape index (κ3) is 5.42. The van der Waals surface area contributed by atoms with Crippen molar-refractivity contribution in [2.45, 2.75) is 51.2 Å². The van der Waals surface area contributed by atoms with Crippen molar-refractivity contribution in [2.75, 3.05) is 6.61 Å². The average Bonchev–Trinajstić information content (AvgIpc) is 3.24. The number of hydrogen-bond acceptors (Lipinski definition) is 7. The van der Waals surface area contributed by atoms with Crippen LogP contribution in [0.1, 0.15) is 44.2 Å². The molecule has 1 saturated carbocycles. The van der Waals surface area contributed by atoms with Crippen LogP contribution < -0.4 is 14.8 Å². The van der Waals surface area contributed by atoms with Crippen LogP contribution in [0.3, 0.4) is 0 Å². The number of hydrogen-bond donors (Lipinski definition) is 1. The van der Waals surface area contributed by atoms with Crippen molar-refractivity contribution in [3.63, 3.8) is 0 Å². The van der Waals surface area contributed by atoms with Gasteiger partial charge >= 0.3 is 0 Å². The minimum atomic E-state index is -0.607. The van der Waals surface area contributed by atoms with E-state index in [4.69, 9.17) is 37.1 Å². The van der Waals surface area contributed by atoms with Gasteiger partial charge < -0.3 is 19.2 Å². The lowest BCUT2D eigenvalue weighted by molar-refractivity contribution is -0.127. The summed E-state index contributed by atoms with van der Waals surface area (Å²) >= 11 is 11.7. The van der Waals surface area contributed by atoms with E-state index in [1.54, 1.807) is 19.2 Å². The topological polar surface area (TPSA) is 99.4 Å². The molecule has 8 nitrogen and oxygen atoms in total. The lowest BCUT2D eigenvalue weighted by Crippen LogP contribution is -2.61. The molecule has 1 N–H and O–H groups in total. The van der Waals surface area contributed by atoms with E-state index in [1.165, 1.54) is 12.1 Å². The van der Waals surface area contributed by atoms with Crippen LogP contribution in [0.15, 0.2) is 34.9 Å². The minimum absolute atomic E-state index is 0.00892. The Balaban J connectivity index is 1.28. The Morgan fingerprint density at radius 2 is 1.91 bits per heavy atom. The zero-order valence-corrected chi connectivity index (χ0v) is 20.3. The lowest BCUT2D eigenvalue weighted by atomic mass is 9.59. The summed E-state index contributed by atoms with van der Waals surface area (Å²) in [6.45, 7) is 5.58. The van der Waals surface area contributed by atoms with Gasteiger partial charge in [-0.15, -0.1) is 10.2 Å². The number of carbonyl (C=O) groups is 1. The van der Waals surface area contributed by atoms with Crippen LogP contribution in [0.25, 0.3) is 0 Å². The van der Waals surface area contributed by atoms with Gasteiger partial charge in [0.25, 0.3) is 11.8 Å². The first kappa shape index (κ1) is 24.2. The van der Waals surface area contributed by atoms with Crippen LogP contribution in [-0.2, 0) is 16.8 Å². The van der Waals surface area contributed by atoms with E-state index in [9.17, 15) is 9.18 Å². The molecule has 1 aliphatic carbocycles. The molecule has 1 aliphatic rings. The second kappa shape index (κ2) is 9.38. The highest BCUT2D eigenvalue weighted by atomic mass is 35.5. The summed E-state index contributed by atoms with van der Waals surface area (Å²) in [5, 5.41) is 11.7. The second-order valence-electron chi connectivity index (χ2n) is 8.92. The van der Waals surface area contributed by atoms with E-state index in [0.717, 1.165) is 6.07 Å². The van der Waals surface area contributed by atoms with Gasteiger partial charge in [0.05, 0.1) is 27.4 Å². The lowest BCUT2D eigenvalue weighted by Gasteiger charge is -2.51. The highest BCUT2D eigenvalue weighted by molar-refractivity contribution is 6.31. The number of aromatic nitrogens is 3. The fourth-order valence-corrected chi connectivity index (χ4v) is 4.54. The van der Waals surface area contributed by atoms with Crippen molar-refractivity contribution in [1.29, 1.82) is 0 Å². The molecule has 180 valence electrons. The third-order valence-electron chi connectivity index (χ3n) is 5.61. The summed E-state index contributed by atoms with van der Waals surface area (Å²) in [4.78, 5) is 16.5. The number of pyridine rings is 1.